The summed E-state index contributed by atoms with van der Waals surface area (Å²) in [4.78, 5) is 42.5. The number of para-hydroxylation sites is 1. The SMILES string of the molecule is CC1CC(C)CN(C(=O)c2ccccc2NC(=O)c2cc(C(=O)O)ccn2)C1. The fraction of sp³-hybridized carbons (Fsp3) is 0.333. The molecule has 2 aromatic rings. The minimum atomic E-state index is -1.14. The summed E-state index contributed by atoms with van der Waals surface area (Å²) in [5.41, 5.74) is 0.737. The number of carbonyl (C=O) groups excluding carboxylic acids is 2. The molecule has 1 aliphatic heterocycles. The summed E-state index contributed by atoms with van der Waals surface area (Å²) >= 11 is 0. The number of carboxylic acids is 1. The van der Waals surface area contributed by atoms with Crippen LogP contribution in [0.15, 0.2) is 42.6 Å². The monoisotopic (exact) mass is 381 g/mol. The molecule has 0 saturated carbocycles. The number of carbonyl (C=O) groups is 3. The molecule has 0 aliphatic carbocycles. The first kappa shape index (κ1) is 19.5. The van der Waals surface area contributed by atoms with Crippen LogP contribution in [0.1, 0.15) is 51.5 Å². The number of rotatable bonds is 4. The summed E-state index contributed by atoms with van der Waals surface area (Å²) in [6, 6.07) is 9.34. The van der Waals surface area contributed by atoms with Crippen molar-refractivity contribution in [1.82, 2.24) is 9.88 Å². The van der Waals surface area contributed by atoms with Gasteiger partial charge in [-0.1, -0.05) is 26.0 Å². The van der Waals surface area contributed by atoms with Crippen LogP contribution in [0.4, 0.5) is 5.69 Å². The van der Waals surface area contributed by atoms with E-state index < -0.39 is 11.9 Å². The smallest absolute Gasteiger partial charge is 0.335 e. The van der Waals surface area contributed by atoms with Crippen LogP contribution in [0.2, 0.25) is 0 Å². The molecule has 0 bridgehead atoms. The van der Waals surface area contributed by atoms with E-state index in [4.69, 9.17) is 5.11 Å². The Kier molecular flexibility index (Phi) is 5.73. The molecule has 2 atom stereocenters. The van der Waals surface area contributed by atoms with Crippen molar-refractivity contribution < 1.29 is 19.5 Å². The van der Waals surface area contributed by atoms with E-state index in [1.54, 1.807) is 24.3 Å². The Morgan fingerprint density at radius 2 is 1.79 bits per heavy atom. The predicted molar refractivity (Wildman–Crippen MR) is 104 cm³/mol. The molecule has 1 aromatic heterocycles. The molecule has 146 valence electrons. The van der Waals surface area contributed by atoms with Gasteiger partial charge in [-0.25, -0.2) is 4.79 Å². The van der Waals surface area contributed by atoms with Crippen LogP contribution in [0.3, 0.4) is 0 Å². The fourth-order valence-electron chi connectivity index (χ4n) is 3.65. The molecule has 0 radical (unpaired) electrons. The van der Waals surface area contributed by atoms with Crippen LogP contribution in [-0.2, 0) is 0 Å². The van der Waals surface area contributed by atoms with E-state index in [9.17, 15) is 14.4 Å². The lowest BCUT2D eigenvalue weighted by Gasteiger charge is -2.35. The molecule has 1 saturated heterocycles. The Morgan fingerprint density at radius 3 is 2.46 bits per heavy atom. The topological polar surface area (TPSA) is 99.6 Å². The van der Waals surface area contributed by atoms with Crippen molar-refractivity contribution in [3.05, 3.63) is 59.4 Å². The van der Waals surface area contributed by atoms with E-state index in [1.807, 2.05) is 4.90 Å². The molecule has 7 heteroatoms. The van der Waals surface area contributed by atoms with Crippen molar-refractivity contribution in [3.8, 4) is 0 Å². The molecular formula is C21H23N3O4. The van der Waals surface area contributed by atoms with E-state index in [0.717, 1.165) is 6.42 Å². The zero-order chi connectivity index (χ0) is 20.3. The lowest BCUT2D eigenvalue weighted by molar-refractivity contribution is 0.0623. The van der Waals surface area contributed by atoms with Crippen molar-refractivity contribution in [2.45, 2.75) is 20.3 Å². The highest BCUT2D eigenvalue weighted by Crippen LogP contribution is 2.25. The van der Waals surface area contributed by atoms with Gasteiger partial charge in [0.1, 0.15) is 5.69 Å². The Balaban J connectivity index is 1.82. The maximum Gasteiger partial charge on any atom is 0.335 e. The average molecular weight is 381 g/mol. The number of aromatic nitrogens is 1. The van der Waals surface area contributed by atoms with Gasteiger partial charge in [-0.2, -0.15) is 0 Å². The molecule has 0 spiro atoms. The number of piperidine rings is 1. The zero-order valence-electron chi connectivity index (χ0n) is 15.9. The van der Waals surface area contributed by atoms with Gasteiger partial charge in [-0.15, -0.1) is 0 Å². The minimum Gasteiger partial charge on any atom is -0.478 e. The van der Waals surface area contributed by atoms with Crippen molar-refractivity contribution in [2.75, 3.05) is 18.4 Å². The number of nitrogens with one attached hydrogen (secondary N) is 1. The normalized spacial score (nSPS) is 19.1. The standard InChI is InChI=1S/C21H23N3O4/c1-13-9-14(2)12-24(11-13)20(26)16-5-3-4-6-17(16)23-19(25)18-10-15(21(27)28)7-8-22-18/h3-8,10,13-14H,9,11-12H2,1-2H3,(H,23,25)(H,27,28). The third-order valence-electron chi connectivity index (χ3n) is 4.80. The summed E-state index contributed by atoms with van der Waals surface area (Å²) in [6.45, 7) is 5.64. The highest BCUT2D eigenvalue weighted by Gasteiger charge is 2.27. The largest absolute Gasteiger partial charge is 0.478 e. The summed E-state index contributed by atoms with van der Waals surface area (Å²) < 4.78 is 0. The number of hydrogen-bond donors (Lipinski definition) is 2. The number of likely N-dealkylation sites (tertiary alicyclic amines) is 1. The van der Waals surface area contributed by atoms with Gasteiger partial charge in [0.25, 0.3) is 11.8 Å². The number of aromatic carboxylic acids is 1. The van der Waals surface area contributed by atoms with Gasteiger partial charge in [0, 0.05) is 19.3 Å². The number of hydrogen-bond acceptors (Lipinski definition) is 4. The van der Waals surface area contributed by atoms with E-state index in [1.165, 1.54) is 18.3 Å². The highest BCUT2D eigenvalue weighted by molar-refractivity contribution is 6.08. The summed E-state index contributed by atoms with van der Waals surface area (Å²) in [7, 11) is 0. The minimum absolute atomic E-state index is 0.0256. The molecule has 2 heterocycles. The Morgan fingerprint density at radius 1 is 1.11 bits per heavy atom. The van der Waals surface area contributed by atoms with Gasteiger partial charge in [0.05, 0.1) is 16.8 Å². The second-order valence-electron chi connectivity index (χ2n) is 7.39. The number of benzene rings is 1. The van der Waals surface area contributed by atoms with Crippen molar-refractivity contribution in [2.24, 2.45) is 11.8 Å². The Bertz CT molecular complexity index is 902. The van der Waals surface area contributed by atoms with Crippen LogP contribution >= 0.6 is 0 Å². The third kappa shape index (κ3) is 4.36. The van der Waals surface area contributed by atoms with Gasteiger partial charge in [-0.3, -0.25) is 14.6 Å². The average Bonchev–Trinajstić information content (AvgIpc) is 2.67. The Labute approximate surface area is 163 Å². The van der Waals surface area contributed by atoms with Crippen molar-refractivity contribution in [3.63, 3.8) is 0 Å². The summed E-state index contributed by atoms with van der Waals surface area (Å²) in [6.07, 6.45) is 2.36. The summed E-state index contributed by atoms with van der Waals surface area (Å²) in [5.74, 6) is -0.972. The van der Waals surface area contributed by atoms with Gasteiger partial charge < -0.3 is 15.3 Å². The lowest BCUT2D eigenvalue weighted by atomic mass is 9.91. The van der Waals surface area contributed by atoms with Crippen molar-refractivity contribution >= 4 is 23.5 Å². The third-order valence-corrected chi connectivity index (χ3v) is 4.80. The predicted octanol–water partition coefficient (Wildman–Crippen LogP) is 3.15. The molecule has 1 fully saturated rings. The summed E-state index contributed by atoms with van der Waals surface area (Å²) in [5, 5.41) is 11.8. The lowest BCUT2D eigenvalue weighted by Crippen LogP contribution is -2.42. The van der Waals surface area contributed by atoms with Gasteiger partial charge >= 0.3 is 5.97 Å². The molecule has 1 aliphatic rings. The van der Waals surface area contributed by atoms with E-state index in [-0.39, 0.29) is 17.2 Å². The maximum atomic E-state index is 13.1. The zero-order valence-corrected chi connectivity index (χ0v) is 15.9. The van der Waals surface area contributed by atoms with Crippen molar-refractivity contribution in [1.29, 1.82) is 0 Å². The van der Waals surface area contributed by atoms with E-state index in [2.05, 4.69) is 24.1 Å². The fourth-order valence-corrected chi connectivity index (χ4v) is 3.65. The first-order valence-electron chi connectivity index (χ1n) is 9.24. The molecule has 2 amide bonds. The molecule has 3 rings (SSSR count). The van der Waals surface area contributed by atoms with E-state index >= 15 is 0 Å². The second-order valence-corrected chi connectivity index (χ2v) is 7.39. The quantitative estimate of drug-likeness (QED) is 0.847. The number of pyridine rings is 1. The molecule has 1 aromatic carbocycles. The van der Waals surface area contributed by atoms with Gasteiger partial charge in [0.2, 0.25) is 0 Å². The van der Waals surface area contributed by atoms with Gasteiger partial charge in [0.15, 0.2) is 0 Å². The number of nitrogens with zero attached hydrogens (tertiary/aromatic N) is 2. The van der Waals surface area contributed by atoms with Crippen LogP contribution < -0.4 is 5.32 Å². The van der Waals surface area contributed by atoms with Crippen LogP contribution in [-0.4, -0.2) is 45.9 Å². The molecular weight excluding hydrogens is 358 g/mol. The van der Waals surface area contributed by atoms with Crippen LogP contribution in [0.25, 0.3) is 0 Å². The molecule has 28 heavy (non-hydrogen) atoms. The second kappa shape index (κ2) is 8.21. The maximum absolute atomic E-state index is 13.1. The van der Waals surface area contributed by atoms with E-state index in [0.29, 0.717) is 36.2 Å². The van der Waals surface area contributed by atoms with Gasteiger partial charge in [-0.05, 0) is 42.5 Å². The molecule has 2 N–H and O–H groups in total. The van der Waals surface area contributed by atoms with Crippen LogP contribution in [0.5, 0.6) is 0 Å². The molecule has 2 unspecified atom stereocenters. The number of carboxylic acid groups (broad SMARTS) is 1. The first-order valence-corrected chi connectivity index (χ1v) is 9.24. The number of amides is 2. The Hall–Kier alpha value is -3.22. The first-order chi connectivity index (χ1) is 13.3. The molecule has 7 nitrogen and oxygen atoms in total. The van der Waals surface area contributed by atoms with Crippen LogP contribution in [0, 0.1) is 11.8 Å². The number of anilines is 1. The highest BCUT2D eigenvalue weighted by atomic mass is 16.4.